The van der Waals surface area contributed by atoms with E-state index in [0.29, 0.717) is 6.04 Å². The number of nitrogens with zero attached hydrogens (tertiary/aromatic N) is 3. The van der Waals surface area contributed by atoms with Crippen molar-refractivity contribution in [2.24, 2.45) is 5.92 Å². The molecule has 1 N–H and O–H groups in total. The molecule has 4 heteroatoms. The van der Waals surface area contributed by atoms with Crippen LogP contribution in [0.1, 0.15) is 45.7 Å². The van der Waals surface area contributed by atoms with Crippen molar-refractivity contribution in [3.05, 3.63) is 18.1 Å². The third kappa shape index (κ3) is 4.44. The molecule has 0 unspecified atom stereocenters. The van der Waals surface area contributed by atoms with E-state index in [4.69, 9.17) is 0 Å². The minimum absolute atomic E-state index is 0.589. The van der Waals surface area contributed by atoms with Crippen molar-refractivity contribution in [1.29, 1.82) is 0 Å². The van der Waals surface area contributed by atoms with Gasteiger partial charge in [-0.2, -0.15) is 0 Å². The van der Waals surface area contributed by atoms with Gasteiger partial charge in [0.1, 0.15) is 12.1 Å². The summed E-state index contributed by atoms with van der Waals surface area (Å²) >= 11 is 0. The maximum absolute atomic E-state index is 4.44. The van der Waals surface area contributed by atoms with Crippen molar-refractivity contribution in [2.75, 3.05) is 24.5 Å². The molecule has 112 valence electrons. The molecule has 2 rings (SSSR count). The van der Waals surface area contributed by atoms with E-state index >= 15 is 0 Å². The second kappa shape index (κ2) is 7.58. The maximum atomic E-state index is 4.44. The Labute approximate surface area is 123 Å². The normalized spacial score (nSPS) is 16.9. The molecule has 0 radical (unpaired) electrons. The van der Waals surface area contributed by atoms with E-state index in [2.05, 4.69) is 47.0 Å². The molecule has 1 fully saturated rings. The number of aryl methyl sites for hydroxylation is 1. The third-order valence-corrected chi connectivity index (χ3v) is 3.97. The van der Waals surface area contributed by atoms with Crippen LogP contribution in [0.2, 0.25) is 0 Å². The lowest BCUT2D eigenvalue weighted by Crippen LogP contribution is -2.39. The number of aromatic nitrogens is 2. The highest BCUT2D eigenvalue weighted by molar-refractivity contribution is 5.39. The molecular weight excluding hydrogens is 248 g/mol. The van der Waals surface area contributed by atoms with Crippen LogP contribution < -0.4 is 10.2 Å². The van der Waals surface area contributed by atoms with Gasteiger partial charge < -0.3 is 10.2 Å². The summed E-state index contributed by atoms with van der Waals surface area (Å²) < 4.78 is 0. The van der Waals surface area contributed by atoms with Gasteiger partial charge in [0.15, 0.2) is 0 Å². The summed E-state index contributed by atoms with van der Waals surface area (Å²) in [5.74, 6) is 1.92. The Balaban J connectivity index is 1.85. The Hall–Kier alpha value is -1.16. The Morgan fingerprint density at radius 1 is 1.30 bits per heavy atom. The highest BCUT2D eigenvalue weighted by Crippen LogP contribution is 2.21. The van der Waals surface area contributed by atoms with Gasteiger partial charge in [-0.1, -0.05) is 27.2 Å². The minimum atomic E-state index is 0.589. The summed E-state index contributed by atoms with van der Waals surface area (Å²) in [6.45, 7) is 10.0. The molecule has 0 saturated carbocycles. The van der Waals surface area contributed by atoms with Crippen LogP contribution >= 0.6 is 0 Å². The first kappa shape index (κ1) is 15.2. The zero-order chi connectivity index (χ0) is 14.4. The van der Waals surface area contributed by atoms with Crippen LogP contribution in [-0.4, -0.2) is 35.6 Å². The van der Waals surface area contributed by atoms with E-state index in [9.17, 15) is 0 Å². The maximum Gasteiger partial charge on any atom is 0.132 e. The second-order valence-electron chi connectivity index (χ2n) is 6.11. The fraction of sp³-hybridized carbons (Fsp3) is 0.750. The molecule has 1 aromatic heterocycles. The molecule has 1 aliphatic heterocycles. The molecule has 0 aromatic carbocycles. The quantitative estimate of drug-likeness (QED) is 0.867. The predicted molar refractivity (Wildman–Crippen MR) is 84.1 cm³/mol. The predicted octanol–water partition coefficient (Wildman–Crippen LogP) is 2.64. The van der Waals surface area contributed by atoms with E-state index in [1.807, 2.05) is 0 Å². The summed E-state index contributed by atoms with van der Waals surface area (Å²) in [7, 11) is 0. The lowest BCUT2D eigenvalue weighted by Gasteiger charge is -2.33. The second-order valence-corrected chi connectivity index (χ2v) is 6.11. The van der Waals surface area contributed by atoms with Crippen LogP contribution in [0.25, 0.3) is 0 Å². The number of nitrogens with one attached hydrogen (secondary N) is 1. The van der Waals surface area contributed by atoms with E-state index < -0.39 is 0 Å². The van der Waals surface area contributed by atoms with Crippen LogP contribution in [0.4, 0.5) is 5.82 Å². The molecule has 2 heterocycles. The molecule has 0 aliphatic carbocycles. The van der Waals surface area contributed by atoms with Gasteiger partial charge in [0, 0.05) is 30.9 Å². The minimum Gasteiger partial charge on any atom is -0.356 e. The van der Waals surface area contributed by atoms with Crippen LogP contribution in [0.3, 0.4) is 0 Å². The molecule has 20 heavy (non-hydrogen) atoms. The first-order valence-electron chi connectivity index (χ1n) is 7.98. The molecule has 1 saturated heterocycles. The van der Waals surface area contributed by atoms with E-state index in [-0.39, 0.29) is 0 Å². The zero-order valence-electron chi connectivity index (χ0n) is 13.1. The van der Waals surface area contributed by atoms with Crippen molar-refractivity contribution in [3.63, 3.8) is 0 Å². The molecule has 4 nitrogen and oxygen atoms in total. The summed E-state index contributed by atoms with van der Waals surface area (Å²) in [5.41, 5.74) is 1.17. The van der Waals surface area contributed by atoms with E-state index in [0.717, 1.165) is 44.2 Å². The SMILES string of the molecule is CCCc1cc(N2CCC(CNC(C)C)CC2)ncn1. The number of rotatable bonds is 6. The van der Waals surface area contributed by atoms with Gasteiger partial charge >= 0.3 is 0 Å². The van der Waals surface area contributed by atoms with Gasteiger partial charge in [-0.25, -0.2) is 9.97 Å². The number of anilines is 1. The molecular formula is C16H28N4. The largest absolute Gasteiger partial charge is 0.356 e. The number of hydrogen-bond donors (Lipinski definition) is 1. The molecule has 0 amide bonds. The van der Waals surface area contributed by atoms with Crippen molar-refractivity contribution >= 4 is 5.82 Å². The van der Waals surface area contributed by atoms with Gasteiger partial charge in [0.2, 0.25) is 0 Å². The van der Waals surface area contributed by atoms with Crippen LogP contribution in [0.15, 0.2) is 12.4 Å². The fourth-order valence-electron chi connectivity index (χ4n) is 2.72. The zero-order valence-corrected chi connectivity index (χ0v) is 13.1. The lowest BCUT2D eigenvalue weighted by atomic mass is 9.96. The van der Waals surface area contributed by atoms with Crippen molar-refractivity contribution in [2.45, 2.75) is 52.5 Å². The molecule has 1 aromatic rings. The average Bonchev–Trinajstić information content (AvgIpc) is 2.46. The summed E-state index contributed by atoms with van der Waals surface area (Å²) in [6, 6.07) is 2.75. The van der Waals surface area contributed by atoms with Crippen LogP contribution in [0, 0.1) is 5.92 Å². The van der Waals surface area contributed by atoms with Gasteiger partial charge in [-0.05, 0) is 31.7 Å². The van der Waals surface area contributed by atoms with Crippen molar-refractivity contribution < 1.29 is 0 Å². The number of hydrogen-bond acceptors (Lipinski definition) is 4. The van der Waals surface area contributed by atoms with E-state index in [1.165, 1.54) is 18.5 Å². The lowest BCUT2D eigenvalue weighted by molar-refractivity contribution is 0.369. The Bertz CT molecular complexity index is 397. The highest BCUT2D eigenvalue weighted by atomic mass is 15.2. The average molecular weight is 276 g/mol. The molecule has 0 atom stereocenters. The van der Waals surface area contributed by atoms with Gasteiger partial charge in [0.25, 0.3) is 0 Å². The summed E-state index contributed by atoms with van der Waals surface area (Å²) in [6.07, 6.45) is 6.41. The fourth-order valence-corrected chi connectivity index (χ4v) is 2.72. The van der Waals surface area contributed by atoms with Crippen LogP contribution in [0.5, 0.6) is 0 Å². The highest BCUT2D eigenvalue weighted by Gasteiger charge is 2.20. The topological polar surface area (TPSA) is 41.0 Å². The molecule has 0 bridgehead atoms. The van der Waals surface area contributed by atoms with Crippen molar-refractivity contribution in [1.82, 2.24) is 15.3 Å². The number of piperidine rings is 1. The van der Waals surface area contributed by atoms with Gasteiger partial charge in [-0.3, -0.25) is 0 Å². The van der Waals surface area contributed by atoms with Crippen LogP contribution in [-0.2, 0) is 6.42 Å². The Morgan fingerprint density at radius 3 is 2.70 bits per heavy atom. The molecule has 0 spiro atoms. The first-order valence-corrected chi connectivity index (χ1v) is 7.98. The Kier molecular flexibility index (Phi) is 5.77. The summed E-state index contributed by atoms with van der Waals surface area (Å²) in [5, 5.41) is 3.55. The first-order chi connectivity index (χ1) is 9.69. The smallest absolute Gasteiger partial charge is 0.132 e. The standard InChI is InChI=1S/C16H28N4/c1-4-5-15-10-16(19-12-18-15)20-8-6-14(7-9-20)11-17-13(2)3/h10,12-14,17H,4-9,11H2,1-3H3. The van der Waals surface area contributed by atoms with E-state index in [1.54, 1.807) is 6.33 Å². The monoisotopic (exact) mass is 276 g/mol. The third-order valence-electron chi connectivity index (χ3n) is 3.97. The van der Waals surface area contributed by atoms with Gasteiger partial charge in [-0.15, -0.1) is 0 Å². The molecule has 1 aliphatic rings. The summed E-state index contributed by atoms with van der Waals surface area (Å²) in [4.78, 5) is 11.2. The van der Waals surface area contributed by atoms with Crippen molar-refractivity contribution in [3.8, 4) is 0 Å². The van der Waals surface area contributed by atoms with Gasteiger partial charge in [0.05, 0.1) is 0 Å². The Morgan fingerprint density at radius 2 is 2.05 bits per heavy atom.